The van der Waals surface area contributed by atoms with Gasteiger partial charge in [-0.1, -0.05) is 76.6 Å². The third-order valence-electron chi connectivity index (χ3n) is 4.25. The molecule has 24 heavy (non-hydrogen) atoms. The third kappa shape index (κ3) is 2.63. The lowest BCUT2D eigenvalue weighted by Crippen LogP contribution is -1.95. The second-order valence-electron chi connectivity index (χ2n) is 5.84. The van der Waals surface area contributed by atoms with Crippen molar-refractivity contribution in [3.63, 3.8) is 0 Å². The topological polar surface area (TPSA) is 12.9 Å². The van der Waals surface area contributed by atoms with Crippen LogP contribution in [0.1, 0.15) is 5.69 Å². The highest BCUT2D eigenvalue weighted by atomic mass is 79.9. The van der Waals surface area contributed by atoms with Crippen LogP contribution in [0.3, 0.4) is 0 Å². The van der Waals surface area contributed by atoms with Gasteiger partial charge in [-0.15, -0.1) is 0 Å². The van der Waals surface area contributed by atoms with E-state index >= 15 is 0 Å². The molecule has 0 saturated heterocycles. The number of rotatable bonds is 2. The maximum atomic E-state index is 4.86. The zero-order valence-electron chi connectivity index (χ0n) is 13.3. The first kappa shape index (κ1) is 15.1. The molecule has 1 heterocycles. The molecule has 0 atom stereocenters. The number of halogens is 1. The maximum absolute atomic E-state index is 4.86. The van der Waals surface area contributed by atoms with E-state index in [1.807, 2.05) is 12.1 Å². The van der Waals surface area contributed by atoms with Crippen LogP contribution in [0.2, 0.25) is 0 Å². The Morgan fingerprint density at radius 1 is 0.708 bits per heavy atom. The van der Waals surface area contributed by atoms with Gasteiger partial charge in [-0.3, -0.25) is 4.98 Å². The highest BCUT2D eigenvalue weighted by Gasteiger charge is 2.16. The van der Waals surface area contributed by atoms with Gasteiger partial charge in [0.2, 0.25) is 0 Å². The first-order valence-corrected chi connectivity index (χ1v) is 8.74. The summed E-state index contributed by atoms with van der Waals surface area (Å²) >= 11 is 3.61. The van der Waals surface area contributed by atoms with Gasteiger partial charge in [-0.05, 0) is 36.2 Å². The minimum atomic E-state index is 1.02. The number of fused-ring (bicyclic) bond motifs is 1. The van der Waals surface area contributed by atoms with Crippen LogP contribution >= 0.6 is 15.9 Å². The van der Waals surface area contributed by atoms with Gasteiger partial charge < -0.3 is 0 Å². The summed E-state index contributed by atoms with van der Waals surface area (Å²) < 4.78 is 1.07. The Morgan fingerprint density at radius 3 is 1.92 bits per heavy atom. The summed E-state index contributed by atoms with van der Waals surface area (Å²) in [5.74, 6) is 0. The van der Waals surface area contributed by atoms with Crippen LogP contribution in [0.15, 0.2) is 83.3 Å². The average Bonchev–Trinajstić information content (AvgIpc) is 2.62. The van der Waals surface area contributed by atoms with Gasteiger partial charge in [0, 0.05) is 26.7 Å². The summed E-state index contributed by atoms with van der Waals surface area (Å²) in [5.41, 5.74) is 6.93. The summed E-state index contributed by atoms with van der Waals surface area (Å²) in [6.07, 6.45) is 0. The minimum absolute atomic E-state index is 1.02. The fourth-order valence-corrected chi connectivity index (χ4v) is 3.58. The van der Waals surface area contributed by atoms with Crippen molar-refractivity contribution >= 4 is 26.8 Å². The fourth-order valence-electron chi connectivity index (χ4n) is 3.22. The monoisotopic (exact) mass is 373 g/mol. The molecule has 2 heteroatoms. The fraction of sp³-hybridized carbons (Fsp3) is 0.0455. The van der Waals surface area contributed by atoms with Crippen LogP contribution in [-0.4, -0.2) is 4.98 Å². The molecule has 0 aliphatic heterocycles. The van der Waals surface area contributed by atoms with Crippen molar-refractivity contribution in [2.24, 2.45) is 0 Å². The van der Waals surface area contributed by atoms with Gasteiger partial charge >= 0.3 is 0 Å². The number of benzene rings is 3. The number of pyridine rings is 1. The summed E-state index contributed by atoms with van der Waals surface area (Å²) in [5, 5.41) is 1.17. The molecular formula is C22H16BrN. The molecule has 4 aromatic rings. The van der Waals surface area contributed by atoms with Crippen molar-refractivity contribution in [1.82, 2.24) is 4.98 Å². The predicted molar refractivity (Wildman–Crippen MR) is 105 cm³/mol. The molecule has 0 saturated carbocycles. The van der Waals surface area contributed by atoms with Crippen molar-refractivity contribution in [3.8, 4) is 22.3 Å². The van der Waals surface area contributed by atoms with E-state index in [0.29, 0.717) is 0 Å². The van der Waals surface area contributed by atoms with E-state index in [1.165, 1.54) is 27.6 Å². The second kappa shape index (κ2) is 6.21. The quantitative estimate of drug-likeness (QED) is 0.383. The lowest BCUT2D eigenvalue weighted by molar-refractivity contribution is 1.26. The van der Waals surface area contributed by atoms with Crippen LogP contribution in [0.4, 0.5) is 0 Å². The molecule has 0 unspecified atom stereocenters. The van der Waals surface area contributed by atoms with Crippen LogP contribution < -0.4 is 0 Å². The minimum Gasteiger partial charge on any atom is -0.252 e. The van der Waals surface area contributed by atoms with Crippen molar-refractivity contribution in [1.29, 1.82) is 0 Å². The highest BCUT2D eigenvalue weighted by molar-refractivity contribution is 9.10. The van der Waals surface area contributed by atoms with Crippen LogP contribution in [0, 0.1) is 6.92 Å². The summed E-state index contributed by atoms with van der Waals surface area (Å²) in [7, 11) is 0. The van der Waals surface area contributed by atoms with E-state index in [4.69, 9.17) is 4.98 Å². The molecule has 116 valence electrons. The van der Waals surface area contributed by atoms with Gasteiger partial charge in [0.05, 0.1) is 5.52 Å². The number of hydrogen-bond acceptors (Lipinski definition) is 1. The van der Waals surface area contributed by atoms with Crippen LogP contribution in [0.5, 0.6) is 0 Å². The Kier molecular flexibility index (Phi) is 3.91. The number of aryl methyl sites for hydroxylation is 1. The van der Waals surface area contributed by atoms with E-state index in [-0.39, 0.29) is 0 Å². The second-order valence-corrected chi connectivity index (χ2v) is 6.76. The van der Waals surface area contributed by atoms with Crippen molar-refractivity contribution < 1.29 is 0 Å². The highest BCUT2D eigenvalue weighted by Crippen LogP contribution is 2.39. The smallest absolute Gasteiger partial charge is 0.0712 e. The number of aromatic nitrogens is 1. The Hall–Kier alpha value is -2.45. The Labute approximate surface area is 150 Å². The molecule has 0 aliphatic carbocycles. The van der Waals surface area contributed by atoms with E-state index < -0.39 is 0 Å². The lowest BCUT2D eigenvalue weighted by atomic mass is 9.90. The molecule has 1 nitrogen and oxygen atoms in total. The molecule has 1 aromatic heterocycles. The number of hydrogen-bond donors (Lipinski definition) is 0. The Bertz CT molecular complexity index is 1010. The van der Waals surface area contributed by atoms with Gasteiger partial charge in [0.15, 0.2) is 0 Å². The van der Waals surface area contributed by atoms with Gasteiger partial charge in [0.25, 0.3) is 0 Å². The average molecular weight is 374 g/mol. The van der Waals surface area contributed by atoms with Crippen LogP contribution in [-0.2, 0) is 0 Å². The molecule has 0 amide bonds. The molecule has 0 N–H and O–H groups in total. The zero-order chi connectivity index (χ0) is 16.5. The number of nitrogens with zero attached hydrogens (tertiary/aromatic N) is 1. The molecule has 0 spiro atoms. The van der Waals surface area contributed by atoms with Gasteiger partial charge in [0.1, 0.15) is 0 Å². The first-order valence-electron chi connectivity index (χ1n) is 7.95. The van der Waals surface area contributed by atoms with Crippen molar-refractivity contribution in [2.75, 3.05) is 0 Å². The Balaban J connectivity index is 2.17. The Morgan fingerprint density at radius 2 is 1.29 bits per heavy atom. The van der Waals surface area contributed by atoms with E-state index in [9.17, 15) is 0 Å². The predicted octanol–water partition coefficient (Wildman–Crippen LogP) is 6.64. The van der Waals surface area contributed by atoms with Crippen molar-refractivity contribution in [3.05, 3.63) is 89.0 Å². The largest absolute Gasteiger partial charge is 0.252 e. The van der Waals surface area contributed by atoms with E-state index in [2.05, 4.69) is 89.6 Å². The third-order valence-corrected chi connectivity index (χ3v) is 4.75. The molecule has 0 radical (unpaired) electrons. The summed E-state index contributed by atoms with van der Waals surface area (Å²) in [6, 6.07) is 27.4. The summed E-state index contributed by atoms with van der Waals surface area (Å²) in [4.78, 5) is 4.86. The molecule has 3 aromatic carbocycles. The first-order chi connectivity index (χ1) is 11.7. The van der Waals surface area contributed by atoms with E-state index in [0.717, 1.165) is 15.7 Å². The lowest BCUT2D eigenvalue weighted by Gasteiger charge is -2.16. The molecule has 4 rings (SSSR count). The maximum Gasteiger partial charge on any atom is 0.0712 e. The SMILES string of the molecule is Cc1nc2ccc(Br)cc2c(-c2ccccc2)c1-c1ccccc1. The zero-order valence-corrected chi connectivity index (χ0v) is 14.9. The van der Waals surface area contributed by atoms with Gasteiger partial charge in [-0.25, -0.2) is 0 Å². The molecule has 0 fully saturated rings. The van der Waals surface area contributed by atoms with Crippen molar-refractivity contribution in [2.45, 2.75) is 6.92 Å². The van der Waals surface area contributed by atoms with Gasteiger partial charge in [-0.2, -0.15) is 0 Å². The molecule has 0 aliphatic rings. The molecular weight excluding hydrogens is 358 g/mol. The van der Waals surface area contributed by atoms with E-state index in [1.54, 1.807) is 0 Å². The summed E-state index contributed by atoms with van der Waals surface area (Å²) in [6.45, 7) is 2.09. The normalized spacial score (nSPS) is 10.9. The standard InChI is InChI=1S/C22H16BrN/c1-15-21(16-8-4-2-5-9-16)22(17-10-6-3-7-11-17)19-14-18(23)12-13-20(19)24-15/h2-14H,1H3. The van der Waals surface area contributed by atoms with Crippen LogP contribution in [0.25, 0.3) is 33.2 Å². The molecule has 0 bridgehead atoms.